The number of nitrogens with zero attached hydrogens (tertiary/aromatic N) is 2. The maximum atomic E-state index is 5.35. The van der Waals surface area contributed by atoms with Gasteiger partial charge in [0.1, 0.15) is 0 Å². The van der Waals surface area contributed by atoms with E-state index in [0.717, 1.165) is 37.5 Å². The Labute approximate surface area is 116 Å². The summed E-state index contributed by atoms with van der Waals surface area (Å²) in [5.41, 5.74) is 1.37. The van der Waals surface area contributed by atoms with Crippen molar-refractivity contribution in [3.05, 3.63) is 23.9 Å². The number of pyridine rings is 1. The predicted molar refractivity (Wildman–Crippen MR) is 77.4 cm³/mol. The monoisotopic (exact) mass is 263 g/mol. The van der Waals surface area contributed by atoms with Crippen LogP contribution in [0.4, 0.5) is 0 Å². The Balaban J connectivity index is 2.12. The van der Waals surface area contributed by atoms with E-state index in [1.807, 2.05) is 6.07 Å². The summed E-state index contributed by atoms with van der Waals surface area (Å²) in [6.45, 7) is 9.80. The summed E-state index contributed by atoms with van der Waals surface area (Å²) in [5, 5.41) is 3.65. The second kappa shape index (κ2) is 5.88. The predicted octanol–water partition coefficient (Wildman–Crippen LogP) is 2.05. The molecule has 1 aliphatic rings. The van der Waals surface area contributed by atoms with Crippen LogP contribution < -0.4 is 10.1 Å². The zero-order valence-electron chi connectivity index (χ0n) is 12.4. The van der Waals surface area contributed by atoms with E-state index in [0.29, 0.717) is 6.04 Å². The Kier molecular flexibility index (Phi) is 4.42. The van der Waals surface area contributed by atoms with Gasteiger partial charge < -0.3 is 10.1 Å². The van der Waals surface area contributed by atoms with Crippen molar-refractivity contribution in [3.63, 3.8) is 0 Å². The Bertz CT molecular complexity index is 424. The van der Waals surface area contributed by atoms with Crippen molar-refractivity contribution in [3.8, 4) is 5.88 Å². The fourth-order valence-corrected chi connectivity index (χ4v) is 2.58. The average molecular weight is 263 g/mol. The molecular weight excluding hydrogens is 238 g/mol. The van der Waals surface area contributed by atoms with Crippen molar-refractivity contribution in [2.24, 2.45) is 0 Å². The molecule has 0 amide bonds. The fraction of sp³-hybridized carbons (Fsp3) is 0.667. The van der Waals surface area contributed by atoms with Crippen molar-refractivity contribution >= 4 is 0 Å². The molecule has 19 heavy (non-hydrogen) atoms. The van der Waals surface area contributed by atoms with Crippen LogP contribution >= 0.6 is 0 Å². The van der Waals surface area contributed by atoms with E-state index >= 15 is 0 Å². The van der Waals surface area contributed by atoms with E-state index in [-0.39, 0.29) is 5.54 Å². The molecule has 1 N–H and O–H groups in total. The second-order valence-electron chi connectivity index (χ2n) is 5.72. The molecule has 0 radical (unpaired) electrons. The summed E-state index contributed by atoms with van der Waals surface area (Å²) >= 11 is 0. The third-order valence-corrected chi connectivity index (χ3v) is 4.20. The Morgan fingerprint density at radius 1 is 1.58 bits per heavy atom. The summed E-state index contributed by atoms with van der Waals surface area (Å²) in [6.07, 6.45) is 2.92. The van der Waals surface area contributed by atoms with E-state index < -0.39 is 0 Å². The van der Waals surface area contributed by atoms with Crippen LogP contribution in [0.3, 0.4) is 0 Å². The minimum Gasteiger partial charge on any atom is -0.481 e. The van der Waals surface area contributed by atoms with Crippen LogP contribution in [0.5, 0.6) is 5.88 Å². The van der Waals surface area contributed by atoms with E-state index in [2.05, 4.69) is 42.0 Å². The highest BCUT2D eigenvalue weighted by Crippen LogP contribution is 2.23. The van der Waals surface area contributed by atoms with Gasteiger partial charge in [0.05, 0.1) is 7.11 Å². The first-order chi connectivity index (χ1) is 9.08. The van der Waals surface area contributed by atoms with Crippen molar-refractivity contribution < 1.29 is 4.74 Å². The number of piperazine rings is 1. The molecule has 1 aliphatic heterocycles. The minimum atomic E-state index is 0.210. The van der Waals surface area contributed by atoms with Gasteiger partial charge in [0, 0.05) is 43.0 Å². The number of rotatable bonds is 4. The first-order valence-electron chi connectivity index (χ1n) is 7.05. The molecule has 0 bridgehead atoms. The lowest BCUT2D eigenvalue weighted by molar-refractivity contribution is 0.0856. The number of hydrogen-bond acceptors (Lipinski definition) is 4. The van der Waals surface area contributed by atoms with Crippen LogP contribution in [-0.4, -0.2) is 41.7 Å². The molecule has 1 fully saturated rings. The number of aromatic nitrogens is 1. The second-order valence-corrected chi connectivity index (χ2v) is 5.72. The van der Waals surface area contributed by atoms with Crippen LogP contribution in [0.25, 0.3) is 0 Å². The molecule has 0 aliphatic carbocycles. The van der Waals surface area contributed by atoms with Crippen LogP contribution in [0.1, 0.15) is 32.8 Å². The number of hydrogen-bond donors (Lipinski definition) is 1. The quantitative estimate of drug-likeness (QED) is 0.902. The van der Waals surface area contributed by atoms with Crippen LogP contribution in [0.2, 0.25) is 0 Å². The number of nitrogens with one attached hydrogen (secondary N) is 1. The Morgan fingerprint density at radius 2 is 2.37 bits per heavy atom. The first kappa shape index (κ1) is 14.3. The largest absolute Gasteiger partial charge is 0.481 e. The van der Waals surface area contributed by atoms with E-state index in [4.69, 9.17) is 4.74 Å². The maximum Gasteiger partial charge on any atom is 0.217 e. The third-order valence-electron chi connectivity index (χ3n) is 4.20. The topological polar surface area (TPSA) is 37.4 Å². The third kappa shape index (κ3) is 3.25. The van der Waals surface area contributed by atoms with Crippen molar-refractivity contribution in [2.45, 2.75) is 45.3 Å². The molecule has 4 heteroatoms. The lowest BCUT2D eigenvalue weighted by Crippen LogP contribution is -2.61. The van der Waals surface area contributed by atoms with E-state index in [9.17, 15) is 0 Å². The van der Waals surface area contributed by atoms with Crippen LogP contribution in [0, 0.1) is 0 Å². The molecule has 0 saturated carbocycles. The summed E-state index contributed by atoms with van der Waals surface area (Å²) in [5.74, 6) is 0.742. The van der Waals surface area contributed by atoms with Gasteiger partial charge in [-0.25, -0.2) is 4.98 Å². The van der Waals surface area contributed by atoms with Gasteiger partial charge in [-0.1, -0.05) is 13.0 Å². The van der Waals surface area contributed by atoms with Gasteiger partial charge in [-0.05, 0) is 26.3 Å². The lowest BCUT2D eigenvalue weighted by atomic mass is 9.93. The van der Waals surface area contributed by atoms with Crippen molar-refractivity contribution in [1.82, 2.24) is 15.2 Å². The van der Waals surface area contributed by atoms with Gasteiger partial charge in [0.25, 0.3) is 0 Å². The zero-order valence-corrected chi connectivity index (χ0v) is 12.4. The molecule has 4 nitrogen and oxygen atoms in total. The molecule has 2 unspecified atom stereocenters. The smallest absolute Gasteiger partial charge is 0.217 e. The number of methoxy groups -OCH3 is 1. The van der Waals surface area contributed by atoms with Gasteiger partial charge in [-0.2, -0.15) is 0 Å². The molecule has 2 atom stereocenters. The molecule has 0 spiro atoms. The summed E-state index contributed by atoms with van der Waals surface area (Å²) < 4.78 is 5.35. The van der Waals surface area contributed by atoms with Gasteiger partial charge in [-0.3, -0.25) is 4.90 Å². The highest BCUT2D eigenvalue weighted by atomic mass is 16.5. The molecule has 106 valence electrons. The van der Waals surface area contributed by atoms with E-state index in [1.54, 1.807) is 13.3 Å². The Hall–Kier alpha value is -1.13. The van der Waals surface area contributed by atoms with Gasteiger partial charge >= 0.3 is 0 Å². The molecule has 2 rings (SSSR count). The van der Waals surface area contributed by atoms with Gasteiger partial charge in [0.15, 0.2) is 0 Å². The maximum absolute atomic E-state index is 5.35. The summed E-state index contributed by atoms with van der Waals surface area (Å²) in [6, 6.07) is 4.61. The van der Waals surface area contributed by atoms with Gasteiger partial charge in [-0.15, -0.1) is 0 Å². The molecule has 2 heterocycles. The molecule has 1 saturated heterocycles. The number of ether oxygens (including phenoxy) is 1. The fourth-order valence-electron chi connectivity index (χ4n) is 2.58. The van der Waals surface area contributed by atoms with Crippen LogP contribution in [0.15, 0.2) is 18.3 Å². The minimum absolute atomic E-state index is 0.210. The Morgan fingerprint density at radius 3 is 3.05 bits per heavy atom. The average Bonchev–Trinajstić information content (AvgIpc) is 2.44. The highest BCUT2D eigenvalue weighted by Gasteiger charge is 2.32. The summed E-state index contributed by atoms with van der Waals surface area (Å²) in [4.78, 5) is 6.79. The summed E-state index contributed by atoms with van der Waals surface area (Å²) in [7, 11) is 1.68. The normalized spacial score (nSPS) is 28.3. The van der Waals surface area contributed by atoms with E-state index in [1.165, 1.54) is 0 Å². The standard InChI is InChI=1S/C15H25N3O/c1-5-15(3)11-18(12(2)9-17-15)10-13-7-6-8-16-14(13)19-4/h6-8,12,17H,5,9-11H2,1-4H3. The zero-order chi connectivity index (χ0) is 13.9. The van der Waals surface area contributed by atoms with Crippen LogP contribution in [-0.2, 0) is 6.54 Å². The lowest BCUT2D eigenvalue weighted by Gasteiger charge is -2.45. The van der Waals surface area contributed by atoms with Crippen molar-refractivity contribution in [1.29, 1.82) is 0 Å². The van der Waals surface area contributed by atoms with Gasteiger partial charge in [0.2, 0.25) is 5.88 Å². The van der Waals surface area contributed by atoms with Crippen molar-refractivity contribution in [2.75, 3.05) is 20.2 Å². The highest BCUT2D eigenvalue weighted by molar-refractivity contribution is 5.25. The molecule has 0 aromatic carbocycles. The molecule has 1 aromatic heterocycles. The molecule has 1 aromatic rings. The first-order valence-corrected chi connectivity index (χ1v) is 7.05. The SMILES string of the molecule is CCC1(C)CN(Cc2cccnc2OC)C(C)CN1. The molecular formula is C15H25N3O.